The molecule has 0 fully saturated rings. The van der Waals surface area contributed by atoms with E-state index in [1.165, 1.54) is 16.7 Å². The van der Waals surface area contributed by atoms with Gasteiger partial charge >= 0.3 is 0 Å². The number of benzene rings is 2. The van der Waals surface area contributed by atoms with Gasteiger partial charge in [-0.05, 0) is 31.0 Å². The van der Waals surface area contributed by atoms with E-state index in [-0.39, 0.29) is 0 Å². The van der Waals surface area contributed by atoms with Crippen LogP contribution in [0.25, 0.3) is 0 Å². The quantitative estimate of drug-likeness (QED) is 0.875. The molecule has 0 bridgehead atoms. The molecule has 0 radical (unpaired) electrons. The molecule has 0 saturated carbocycles. The Morgan fingerprint density at radius 3 is 1.85 bits per heavy atom. The first kappa shape index (κ1) is 18.2. The molecule has 0 saturated heterocycles. The summed E-state index contributed by atoms with van der Waals surface area (Å²) in [5.41, 5.74) is 9.06. The zero-order valence-corrected chi connectivity index (χ0v) is 13.3. The van der Waals surface area contributed by atoms with Gasteiger partial charge < -0.3 is 10.5 Å². The third kappa shape index (κ3) is 6.95. The molecule has 0 spiro atoms. The number of hydrogen-bond acceptors (Lipinski definition) is 2. The predicted octanol–water partition coefficient (Wildman–Crippen LogP) is 4.48. The minimum absolute atomic E-state index is 0.639. The summed E-state index contributed by atoms with van der Waals surface area (Å²) >= 11 is 0. The molecule has 0 aliphatic rings. The highest BCUT2D eigenvalue weighted by Crippen LogP contribution is 2.14. The highest BCUT2D eigenvalue weighted by Gasteiger charge is 1.90. The van der Waals surface area contributed by atoms with E-state index in [9.17, 15) is 0 Å². The first-order valence-electron chi connectivity index (χ1n) is 7.02. The molecular weight excluding hydrogens is 246 g/mol. The highest BCUT2D eigenvalue weighted by atomic mass is 16.5. The standard InChI is InChI=1S/C8H11N.C8H10O.C2H6/c1-7-2-4-8(6-9)5-3-7;1-7-5-3-4-6-8(7)9-2;1-2/h2-5H,6,9H2,1H3;3-6H,1-2H3;1-2H3. The van der Waals surface area contributed by atoms with Crippen molar-refractivity contribution in [3.05, 3.63) is 65.2 Å². The zero-order valence-electron chi connectivity index (χ0n) is 13.3. The van der Waals surface area contributed by atoms with E-state index >= 15 is 0 Å². The minimum atomic E-state index is 0.639. The Morgan fingerprint density at radius 1 is 0.900 bits per heavy atom. The normalized spacial score (nSPS) is 8.70. The van der Waals surface area contributed by atoms with Crippen molar-refractivity contribution in [1.29, 1.82) is 0 Å². The largest absolute Gasteiger partial charge is 0.496 e. The maximum Gasteiger partial charge on any atom is 0.121 e. The Kier molecular flexibility index (Phi) is 10.1. The number of hydrogen-bond donors (Lipinski definition) is 1. The highest BCUT2D eigenvalue weighted by molar-refractivity contribution is 5.31. The maximum absolute atomic E-state index is 5.40. The Bertz CT molecular complexity index is 463. The van der Waals surface area contributed by atoms with Gasteiger partial charge in [0.25, 0.3) is 0 Å². The smallest absolute Gasteiger partial charge is 0.121 e. The minimum Gasteiger partial charge on any atom is -0.496 e. The van der Waals surface area contributed by atoms with Crippen LogP contribution in [-0.4, -0.2) is 7.11 Å². The first-order chi connectivity index (χ1) is 9.67. The Morgan fingerprint density at radius 2 is 1.45 bits per heavy atom. The molecule has 2 aromatic rings. The zero-order chi connectivity index (χ0) is 15.4. The van der Waals surface area contributed by atoms with Crippen LogP contribution in [0.5, 0.6) is 5.75 Å². The fourth-order valence-electron chi connectivity index (χ4n) is 1.51. The molecule has 2 N–H and O–H groups in total. The van der Waals surface area contributed by atoms with Gasteiger partial charge in [0.15, 0.2) is 0 Å². The topological polar surface area (TPSA) is 35.2 Å². The van der Waals surface area contributed by atoms with Gasteiger partial charge in [-0.15, -0.1) is 0 Å². The van der Waals surface area contributed by atoms with Crippen LogP contribution >= 0.6 is 0 Å². The third-order valence-corrected chi connectivity index (χ3v) is 2.67. The summed E-state index contributed by atoms with van der Waals surface area (Å²) in [5, 5.41) is 0. The van der Waals surface area contributed by atoms with E-state index in [2.05, 4.69) is 31.2 Å². The van der Waals surface area contributed by atoms with Crippen molar-refractivity contribution in [3.63, 3.8) is 0 Å². The van der Waals surface area contributed by atoms with Crippen molar-refractivity contribution >= 4 is 0 Å². The van der Waals surface area contributed by atoms with Crippen LogP contribution in [0, 0.1) is 13.8 Å². The predicted molar refractivity (Wildman–Crippen MR) is 88.1 cm³/mol. The van der Waals surface area contributed by atoms with Crippen LogP contribution in [0.1, 0.15) is 30.5 Å². The molecule has 0 unspecified atom stereocenters. The molecule has 2 heteroatoms. The molecular formula is C18H27NO. The van der Waals surface area contributed by atoms with Crippen molar-refractivity contribution < 1.29 is 4.74 Å². The van der Waals surface area contributed by atoms with Gasteiger partial charge in [-0.25, -0.2) is 0 Å². The summed E-state index contributed by atoms with van der Waals surface area (Å²) in [6.07, 6.45) is 0. The lowest BCUT2D eigenvalue weighted by Crippen LogP contribution is -1.94. The van der Waals surface area contributed by atoms with Crippen molar-refractivity contribution in [2.45, 2.75) is 34.2 Å². The SMILES string of the molecule is CC.COc1ccccc1C.Cc1ccc(CN)cc1. The van der Waals surface area contributed by atoms with Gasteiger partial charge in [-0.3, -0.25) is 0 Å². The van der Waals surface area contributed by atoms with Gasteiger partial charge in [0.1, 0.15) is 5.75 Å². The summed E-state index contributed by atoms with van der Waals surface area (Å²) < 4.78 is 5.04. The summed E-state index contributed by atoms with van der Waals surface area (Å²) in [7, 11) is 1.68. The summed E-state index contributed by atoms with van der Waals surface area (Å²) in [6.45, 7) is 8.74. The second-order valence-electron chi connectivity index (χ2n) is 4.16. The summed E-state index contributed by atoms with van der Waals surface area (Å²) in [6, 6.07) is 16.2. The third-order valence-electron chi connectivity index (χ3n) is 2.67. The summed E-state index contributed by atoms with van der Waals surface area (Å²) in [5.74, 6) is 0.956. The molecule has 0 heterocycles. The van der Waals surface area contributed by atoms with Gasteiger partial charge in [0.05, 0.1) is 7.11 Å². The van der Waals surface area contributed by atoms with E-state index in [4.69, 9.17) is 10.5 Å². The number of aryl methyl sites for hydroxylation is 2. The van der Waals surface area contributed by atoms with E-state index in [1.54, 1.807) is 7.11 Å². The number of nitrogens with two attached hydrogens (primary N) is 1. The molecule has 2 aromatic carbocycles. The molecule has 0 aliphatic heterocycles. The van der Waals surface area contributed by atoms with Crippen LogP contribution in [0.15, 0.2) is 48.5 Å². The Hall–Kier alpha value is -1.80. The number of rotatable bonds is 2. The average Bonchev–Trinajstić information content (AvgIpc) is 2.51. The fraction of sp³-hybridized carbons (Fsp3) is 0.333. The monoisotopic (exact) mass is 273 g/mol. The Balaban J connectivity index is 0.000000321. The van der Waals surface area contributed by atoms with Gasteiger partial charge in [-0.1, -0.05) is 61.9 Å². The lowest BCUT2D eigenvalue weighted by Gasteiger charge is -2.00. The van der Waals surface area contributed by atoms with E-state index in [0.717, 1.165) is 5.75 Å². The van der Waals surface area contributed by atoms with Crippen LogP contribution in [-0.2, 0) is 6.54 Å². The molecule has 2 nitrogen and oxygen atoms in total. The van der Waals surface area contributed by atoms with E-state index < -0.39 is 0 Å². The van der Waals surface area contributed by atoms with E-state index in [1.807, 2.05) is 45.0 Å². The molecule has 2 rings (SSSR count). The van der Waals surface area contributed by atoms with E-state index in [0.29, 0.717) is 6.54 Å². The van der Waals surface area contributed by atoms with Crippen LogP contribution in [0.2, 0.25) is 0 Å². The molecule has 0 atom stereocenters. The number of ether oxygens (including phenoxy) is 1. The van der Waals surface area contributed by atoms with Crippen LogP contribution in [0.3, 0.4) is 0 Å². The lowest BCUT2D eigenvalue weighted by molar-refractivity contribution is 0.411. The average molecular weight is 273 g/mol. The molecule has 110 valence electrons. The molecule has 0 amide bonds. The van der Waals surface area contributed by atoms with Gasteiger partial charge in [-0.2, -0.15) is 0 Å². The Labute approximate surface area is 123 Å². The van der Waals surface area contributed by atoms with Crippen molar-refractivity contribution in [3.8, 4) is 5.75 Å². The first-order valence-corrected chi connectivity index (χ1v) is 7.02. The van der Waals surface area contributed by atoms with Crippen LogP contribution < -0.4 is 10.5 Å². The molecule has 0 aromatic heterocycles. The van der Waals surface area contributed by atoms with Gasteiger partial charge in [0, 0.05) is 6.54 Å². The molecule has 0 aliphatic carbocycles. The second kappa shape index (κ2) is 11.1. The van der Waals surface area contributed by atoms with Crippen molar-refractivity contribution in [2.24, 2.45) is 5.73 Å². The molecule has 20 heavy (non-hydrogen) atoms. The van der Waals surface area contributed by atoms with Crippen molar-refractivity contribution in [1.82, 2.24) is 0 Å². The van der Waals surface area contributed by atoms with Crippen LogP contribution in [0.4, 0.5) is 0 Å². The second-order valence-corrected chi connectivity index (χ2v) is 4.16. The maximum atomic E-state index is 5.40. The number of para-hydroxylation sites is 1. The number of methoxy groups -OCH3 is 1. The fourth-order valence-corrected chi connectivity index (χ4v) is 1.51. The summed E-state index contributed by atoms with van der Waals surface area (Å²) in [4.78, 5) is 0. The van der Waals surface area contributed by atoms with Crippen molar-refractivity contribution in [2.75, 3.05) is 7.11 Å². The lowest BCUT2D eigenvalue weighted by atomic mass is 10.2. The van der Waals surface area contributed by atoms with Gasteiger partial charge in [0.2, 0.25) is 0 Å².